The minimum Gasteiger partial charge on any atom is -0.389 e. The summed E-state index contributed by atoms with van der Waals surface area (Å²) in [6.07, 6.45) is 1.59. The molecule has 0 saturated carbocycles. The highest BCUT2D eigenvalue weighted by molar-refractivity contribution is 9.10. The van der Waals surface area contributed by atoms with Gasteiger partial charge >= 0.3 is 0 Å². The lowest BCUT2D eigenvalue weighted by molar-refractivity contribution is -0.385. The Morgan fingerprint density at radius 1 is 1.53 bits per heavy atom. The SMILES string of the molecule is CCCC(C)(O)CNCc1cc(Br)ccc1[N+](=O)[O-]. The van der Waals surface area contributed by atoms with Crippen LogP contribution < -0.4 is 5.32 Å². The van der Waals surface area contributed by atoms with Crippen LogP contribution in [0.3, 0.4) is 0 Å². The van der Waals surface area contributed by atoms with E-state index in [9.17, 15) is 15.2 Å². The van der Waals surface area contributed by atoms with Gasteiger partial charge in [-0.15, -0.1) is 0 Å². The van der Waals surface area contributed by atoms with Crippen molar-refractivity contribution in [2.75, 3.05) is 6.54 Å². The van der Waals surface area contributed by atoms with Gasteiger partial charge in [0.25, 0.3) is 5.69 Å². The zero-order chi connectivity index (χ0) is 14.5. The van der Waals surface area contributed by atoms with Gasteiger partial charge < -0.3 is 10.4 Å². The van der Waals surface area contributed by atoms with E-state index >= 15 is 0 Å². The lowest BCUT2D eigenvalue weighted by Gasteiger charge is -2.23. The second kappa shape index (κ2) is 6.98. The van der Waals surface area contributed by atoms with Crippen molar-refractivity contribution in [3.05, 3.63) is 38.3 Å². The first-order valence-electron chi connectivity index (χ1n) is 6.21. The van der Waals surface area contributed by atoms with E-state index in [1.807, 2.05) is 6.92 Å². The summed E-state index contributed by atoms with van der Waals surface area (Å²) in [5, 5.41) is 24.0. The number of nitrogens with zero attached hydrogens (tertiary/aromatic N) is 1. The van der Waals surface area contributed by atoms with E-state index < -0.39 is 10.5 Å². The molecule has 0 spiro atoms. The van der Waals surface area contributed by atoms with E-state index in [0.29, 0.717) is 25.1 Å². The van der Waals surface area contributed by atoms with Gasteiger partial charge in [0, 0.05) is 29.2 Å². The van der Waals surface area contributed by atoms with Gasteiger partial charge in [-0.25, -0.2) is 0 Å². The maximum atomic E-state index is 10.9. The number of hydrogen-bond acceptors (Lipinski definition) is 4. The molecule has 0 aliphatic heterocycles. The highest BCUT2D eigenvalue weighted by Crippen LogP contribution is 2.23. The van der Waals surface area contributed by atoms with Crippen molar-refractivity contribution in [3.63, 3.8) is 0 Å². The van der Waals surface area contributed by atoms with Crippen molar-refractivity contribution < 1.29 is 10.0 Å². The Labute approximate surface area is 121 Å². The molecule has 0 heterocycles. The first-order chi connectivity index (χ1) is 8.85. The maximum absolute atomic E-state index is 10.9. The van der Waals surface area contributed by atoms with E-state index in [4.69, 9.17) is 0 Å². The van der Waals surface area contributed by atoms with Crippen LogP contribution in [0.5, 0.6) is 0 Å². The zero-order valence-corrected chi connectivity index (χ0v) is 12.7. The number of hydrogen-bond donors (Lipinski definition) is 2. The molecule has 0 amide bonds. The molecular weight excluding hydrogens is 312 g/mol. The van der Waals surface area contributed by atoms with E-state index in [0.717, 1.165) is 10.9 Å². The zero-order valence-electron chi connectivity index (χ0n) is 11.1. The number of nitro groups is 1. The summed E-state index contributed by atoms with van der Waals surface area (Å²) >= 11 is 3.30. The smallest absolute Gasteiger partial charge is 0.273 e. The van der Waals surface area contributed by atoms with Crippen LogP contribution in [-0.2, 0) is 6.54 Å². The Balaban J connectivity index is 2.67. The minimum atomic E-state index is -0.782. The Kier molecular flexibility index (Phi) is 5.90. The minimum absolute atomic E-state index is 0.0887. The molecule has 0 aliphatic rings. The van der Waals surface area contributed by atoms with Crippen LogP contribution in [0.15, 0.2) is 22.7 Å². The third kappa shape index (κ3) is 5.26. The second-order valence-corrected chi connectivity index (χ2v) is 5.80. The average Bonchev–Trinajstić information content (AvgIpc) is 2.28. The number of benzene rings is 1. The molecule has 0 bridgehead atoms. The van der Waals surface area contributed by atoms with E-state index in [1.54, 1.807) is 19.1 Å². The molecule has 1 rings (SSSR count). The summed E-state index contributed by atoms with van der Waals surface area (Å²) in [5.74, 6) is 0. The van der Waals surface area contributed by atoms with E-state index in [2.05, 4.69) is 21.2 Å². The van der Waals surface area contributed by atoms with Gasteiger partial charge in [-0.2, -0.15) is 0 Å². The van der Waals surface area contributed by atoms with Gasteiger partial charge in [-0.3, -0.25) is 10.1 Å². The first-order valence-corrected chi connectivity index (χ1v) is 7.01. The first kappa shape index (κ1) is 16.1. The number of rotatable bonds is 7. The van der Waals surface area contributed by atoms with Crippen LogP contribution in [-0.4, -0.2) is 22.2 Å². The van der Waals surface area contributed by atoms with Crippen molar-refractivity contribution in [2.45, 2.75) is 38.8 Å². The van der Waals surface area contributed by atoms with Gasteiger partial charge in [0.2, 0.25) is 0 Å². The fraction of sp³-hybridized carbons (Fsp3) is 0.538. The highest BCUT2D eigenvalue weighted by atomic mass is 79.9. The Bertz CT molecular complexity index is 450. The third-order valence-corrected chi connectivity index (χ3v) is 3.34. The van der Waals surface area contributed by atoms with Crippen LogP contribution in [0.25, 0.3) is 0 Å². The summed E-state index contributed by atoms with van der Waals surface area (Å²) in [7, 11) is 0. The molecule has 0 saturated heterocycles. The van der Waals surface area contributed by atoms with Crippen molar-refractivity contribution in [2.24, 2.45) is 0 Å². The molecule has 0 radical (unpaired) electrons. The molecule has 2 N–H and O–H groups in total. The van der Waals surface area contributed by atoms with Gasteiger partial charge in [0.15, 0.2) is 0 Å². The predicted molar refractivity (Wildman–Crippen MR) is 78.0 cm³/mol. The maximum Gasteiger partial charge on any atom is 0.273 e. The number of halogens is 1. The largest absolute Gasteiger partial charge is 0.389 e. The van der Waals surface area contributed by atoms with Gasteiger partial charge in [-0.05, 0) is 25.5 Å². The molecule has 1 unspecified atom stereocenters. The van der Waals surface area contributed by atoms with Crippen LogP contribution in [0.4, 0.5) is 5.69 Å². The van der Waals surface area contributed by atoms with Crippen LogP contribution >= 0.6 is 15.9 Å². The Hall–Kier alpha value is -0.980. The molecule has 106 valence electrons. The molecule has 5 nitrogen and oxygen atoms in total. The molecule has 0 aromatic heterocycles. The number of nitro benzene ring substituents is 1. The van der Waals surface area contributed by atoms with E-state index in [1.165, 1.54) is 6.07 Å². The van der Waals surface area contributed by atoms with Crippen molar-refractivity contribution >= 4 is 21.6 Å². The van der Waals surface area contributed by atoms with Gasteiger partial charge in [0.1, 0.15) is 0 Å². The standard InChI is InChI=1S/C13H19BrN2O3/c1-3-6-13(2,17)9-15-8-10-7-11(14)4-5-12(10)16(18)19/h4-5,7,15,17H,3,6,8-9H2,1-2H3. The summed E-state index contributed by atoms with van der Waals surface area (Å²) in [5.41, 5.74) is -0.0901. The Morgan fingerprint density at radius 2 is 2.21 bits per heavy atom. The summed E-state index contributed by atoms with van der Waals surface area (Å²) in [6, 6.07) is 4.85. The van der Waals surface area contributed by atoms with Crippen molar-refractivity contribution in [3.8, 4) is 0 Å². The van der Waals surface area contributed by atoms with Crippen molar-refractivity contribution in [1.29, 1.82) is 0 Å². The normalized spacial score (nSPS) is 14.1. The predicted octanol–water partition coefficient (Wildman–Crippen LogP) is 3.00. The van der Waals surface area contributed by atoms with E-state index in [-0.39, 0.29) is 5.69 Å². The Morgan fingerprint density at radius 3 is 2.79 bits per heavy atom. The topological polar surface area (TPSA) is 75.4 Å². The molecule has 0 aliphatic carbocycles. The number of aliphatic hydroxyl groups is 1. The monoisotopic (exact) mass is 330 g/mol. The third-order valence-electron chi connectivity index (χ3n) is 2.85. The molecule has 6 heteroatoms. The molecular formula is C13H19BrN2O3. The lowest BCUT2D eigenvalue weighted by atomic mass is 10.0. The van der Waals surface area contributed by atoms with Gasteiger partial charge in [-0.1, -0.05) is 29.3 Å². The van der Waals surface area contributed by atoms with Crippen LogP contribution in [0.1, 0.15) is 32.3 Å². The summed E-state index contributed by atoms with van der Waals surface area (Å²) in [4.78, 5) is 10.5. The quantitative estimate of drug-likeness (QED) is 0.595. The van der Waals surface area contributed by atoms with Crippen molar-refractivity contribution in [1.82, 2.24) is 5.32 Å². The van der Waals surface area contributed by atoms with Crippen LogP contribution in [0, 0.1) is 10.1 Å². The number of nitrogens with one attached hydrogen (secondary N) is 1. The molecule has 0 fully saturated rings. The fourth-order valence-corrected chi connectivity index (χ4v) is 2.38. The molecule has 1 atom stereocenters. The highest BCUT2D eigenvalue weighted by Gasteiger charge is 2.19. The average molecular weight is 331 g/mol. The summed E-state index contributed by atoms with van der Waals surface area (Å²) < 4.78 is 0.801. The molecule has 19 heavy (non-hydrogen) atoms. The lowest BCUT2D eigenvalue weighted by Crippen LogP contribution is -2.37. The second-order valence-electron chi connectivity index (χ2n) is 4.88. The molecule has 1 aromatic carbocycles. The fourth-order valence-electron chi connectivity index (χ4n) is 1.97. The summed E-state index contributed by atoms with van der Waals surface area (Å²) in [6.45, 7) is 4.53. The molecule has 1 aromatic rings. The van der Waals surface area contributed by atoms with Gasteiger partial charge in [0.05, 0.1) is 10.5 Å². The van der Waals surface area contributed by atoms with Crippen LogP contribution in [0.2, 0.25) is 0 Å².